The van der Waals surface area contributed by atoms with Crippen LogP contribution >= 0.6 is 24.0 Å². The van der Waals surface area contributed by atoms with E-state index in [9.17, 15) is 0 Å². The second kappa shape index (κ2) is 10.1. The van der Waals surface area contributed by atoms with E-state index in [4.69, 9.17) is 4.42 Å². The molecule has 0 bridgehead atoms. The Labute approximate surface area is 150 Å². The van der Waals surface area contributed by atoms with Gasteiger partial charge in [0.2, 0.25) is 0 Å². The van der Waals surface area contributed by atoms with Gasteiger partial charge in [-0.25, -0.2) is 4.99 Å². The second-order valence-corrected chi connectivity index (χ2v) is 5.82. The topological polar surface area (TPSA) is 52.8 Å². The molecule has 2 rings (SSSR count). The molecule has 0 amide bonds. The minimum absolute atomic E-state index is 0. The first kappa shape index (κ1) is 19.3. The monoisotopic (exact) mass is 420 g/mol. The third-order valence-corrected chi connectivity index (χ3v) is 3.92. The lowest BCUT2D eigenvalue weighted by atomic mass is 10.0. The second-order valence-electron chi connectivity index (χ2n) is 5.82. The number of aliphatic imine (C=N–C) groups is 1. The van der Waals surface area contributed by atoms with Crippen LogP contribution in [-0.4, -0.2) is 42.6 Å². The Hall–Kier alpha value is -0.760. The molecule has 0 spiro atoms. The quantitative estimate of drug-likeness (QED) is 0.437. The number of guanidine groups is 1. The van der Waals surface area contributed by atoms with Gasteiger partial charge in [0.25, 0.3) is 0 Å². The molecule has 0 unspecified atom stereocenters. The first-order valence-electron chi connectivity index (χ1n) is 8.00. The maximum atomic E-state index is 5.32. The van der Waals surface area contributed by atoms with E-state index in [1.54, 1.807) is 6.26 Å². The van der Waals surface area contributed by atoms with Crippen LogP contribution in [0, 0.1) is 0 Å². The number of furan rings is 1. The van der Waals surface area contributed by atoms with Gasteiger partial charge in [0.15, 0.2) is 5.96 Å². The lowest BCUT2D eigenvalue weighted by molar-refractivity contribution is 0.167. The van der Waals surface area contributed by atoms with Crippen LogP contribution in [0.4, 0.5) is 0 Å². The average molecular weight is 420 g/mol. The van der Waals surface area contributed by atoms with Crippen LogP contribution in [-0.2, 0) is 6.54 Å². The molecule has 126 valence electrons. The van der Waals surface area contributed by atoms with Crippen molar-refractivity contribution >= 4 is 29.9 Å². The SMILES string of the molecule is CCNC(=NCc1ccco1)NC1CCN(C(C)C)CC1.I. The number of nitrogens with zero attached hydrogens (tertiary/aromatic N) is 2. The summed E-state index contributed by atoms with van der Waals surface area (Å²) in [4.78, 5) is 7.12. The van der Waals surface area contributed by atoms with Gasteiger partial charge in [0.1, 0.15) is 12.3 Å². The van der Waals surface area contributed by atoms with Crippen LogP contribution in [0.3, 0.4) is 0 Å². The average Bonchev–Trinajstić information content (AvgIpc) is 2.99. The molecule has 0 radical (unpaired) electrons. The number of hydrogen-bond acceptors (Lipinski definition) is 3. The summed E-state index contributed by atoms with van der Waals surface area (Å²) in [7, 11) is 0. The van der Waals surface area contributed by atoms with Gasteiger partial charge in [0, 0.05) is 31.7 Å². The molecule has 0 saturated carbocycles. The summed E-state index contributed by atoms with van der Waals surface area (Å²) < 4.78 is 5.32. The highest BCUT2D eigenvalue weighted by molar-refractivity contribution is 14.0. The van der Waals surface area contributed by atoms with E-state index in [0.29, 0.717) is 18.6 Å². The summed E-state index contributed by atoms with van der Waals surface area (Å²) in [5.74, 6) is 1.78. The van der Waals surface area contributed by atoms with Gasteiger partial charge < -0.3 is 20.0 Å². The summed E-state index contributed by atoms with van der Waals surface area (Å²) in [6, 6.07) is 5.00. The van der Waals surface area contributed by atoms with Crippen molar-refractivity contribution in [1.29, 1.82) is 0 Å². The van der Waals surface area contributed by atoms with Crippen molar-refractivity contribution in [2.45, 2.75) is 52.2 Å². The molecular formula is C16H29IN4O. The zero-order valence-corrected chi connectivity index (χ0v) is 16.2. The van der Waals surface area contributed by atoms with E-state index >= 15 is 0 Å². The van der Waals surface area contributed by atoms with Crippen molar-refractivity contribution in [2.24, 2.45) is 4.99 Å². The van der Waals surface area contributed by atoms with E-state index in [2.05, 4.69) is 41.3 Å². The molecule has 0 aromatic carbocycles. The Morgan fingerprint density at radius 1 is 1.41 bits per heavy atom. The third kappa shape index (κ3) is 6.16. The van der Waals surface area contributed by atoms with E-state index in [1.165, 1.54) is 12.8 Å². The molecule has 1 aliphatic heterocycles. The number of halogens is 1. The van der Waals surface area contributed by atoms with E-state index < -0.39 is 0 Å². The maximum Gasteiger partial charge on any atom is 0.191 e. The van der Waals surface area contributed by atoms with Crippen molar-refractivity contribution in [1.82, 2.24) is 15.5 Å². The zero-order chi connectivity index (χ0) is 15.1. The molecule has 22 heavy (non-hydrogen) atoms. The van der Waals surface area contributed by atoms with Crippen LogP contribution < -0.4 is 10.6 Å². The molecule has 1 aromatic heterocycles. The predicted octanol–water partition coefficient (Wildman–Crippen LogP) is 2.83. The Kier molecular flexibility index (Phi) is 8.85. The van der Waals surface area contributed by atoms with Crippen LogP contribution in [0.5, 0.6) is 0 Å². The Bertz CT molecular complexity index is 425. The molecule has 0 aliphatic carbocycles. The van der Waals surface area contributed by atoms with Crippen LogP contribution in [0.25, 0.3) is 0 Å². The van der Waals surface area contributed by atoms with Gasteiger partial charge in [0.05, 0.1) is 6.26 Å². The molecule has 2 N–H and O–H groups in total. The standard InChI is InChI=1S/C16H28N4O.HI/c1-4-17-16(18-12-15-6-5-11-21-15)19-14-7-9-20(10-8-14)13(2)3;/h5-6,11,13-14H,4,7-10,12H2,1-3H3,(H2,17,18,19);1H. The Morgan fingerprint density at radius 2 is 2.14 bits per heavy atom. The number of likely N-dealkylation sites (tertiary alicyclic amines) is 1. The summed E-state index contributed by atoms with van der Waals surface area (Å²) in [6.45, 7) is 10.4. The predicted molar refractivity (Wildman–Crippen MR) is 102 cm³/mol. The van der Waals surface area contributed by atoms with Gasteiger partial charge in [-0.05, 0) is 45.7 Å². The van der Waals surface area contributed by atoms with Crippen molar-refractivity contribution in [3.63, 3.8) is 0 Å². The fraction of sp³-hybridized carbons (Fsp3) is 0.688. The van der Waals surface area contributed by atoms with Gasteiger partial charge in [-0.2, -0.15) is 0 Å². The normalized spacial score (nSPS) is 17.4. The number of piperidine rings is 1. The number of hydrogen-bond donors (Lipinski definition) is 2. The summed E-state index contributed by atoms with van der Waals surface area (Å²) in [6.07, 6.45) is 4.03. The van der Waals surface area contributed by atoms with Gasteiger partial charge in [-0.15, -0.1) is 24.0 Å². The highest BCUT2D eigenvalue weighted by Crippen LogP contribution is 2.12. The Morgan fingerprint density at radius 3 is 2.68 bits per heavy atom. The van der Waals surface area contributed by atoms with E-state index in [1.807, 2.05) is 12.1 Å². The lowest BCUT2D eigenvalue weighted by Gasteiger charge is -2.35. The van der Waals surface area contributed by atoms with Gasteiger partial charge in [-0.1, -0.05) is 0 Å². The molecule has 1 aliphatic rings. The summed E-state index contributed by atoms with van der Waals surface area (Å²) in [5, 5.41) is 6.86. The first-order chi connectivity index (χ1) is 10.2. The van der Waals surface area contributed by atoms with Gasteiger partial charge >= 0.3 is 0 Å². The summed E-state index contributed by atoms with van der Waals surface area (Å²) >= 11 is 0. The van der Waals surface area contributed by atoms with Crippen molar-refractivity contribution < 1.29 is 4.42 Å². The van der Waals surface area contributed by atoms with Crippen molar-refractivity contribution in [2.75, 3.05) is 19.6 Å². The third-order valence-electron chi connectivity index (χ3n) is 3.92. The highest BCUT2D eigenvalue weighted by Gasteiger charge is 2.21. The molecule has 0 atom stereocenters. The lowest BCUT2D eigenvalue weighted by Crippen LogP contribution is -2.49. The van der Waals surface area contributed by atoms with Crippen LogP contribution in [0.1, 0.15) is 39.4 Å². The molecular weight excluding hydrogens is 391 g/mol. The smallest absolute Gasteiger partial charge is 0.191 e. The summed E-state index contributed by atoms with van der Waals surface area (Å²) in [5.41, 5.74) is 0. The van der Waals surface area contributed by atoms with Crippen molar-refractivity contribution in [3.8, 4) is 0 Å². The molecule has 1 aromatic rings. The van der Waals surface area contributed by atoms with Crippen LogP contribution in [0.15, 0.2) is 27.8 Å². The molecule has 6 heteroatoms. The fourth-order valence-corrected chi connectivity index (χ4v) is 2.63. The molecule has 2 heterocycles. The Balaban J connectivity index is 0.00000242. The number of nitrogens with one attached hydrogen (secondary N) is 2. The molecule has 1 fully saturated rings. The van der Waals surface area contributed by atoms with Crippen molar-refractivity contribution in [3.05, 3.63) is 24.2 Å². The minimum atomic E-state index is 0. The van der Waals surface area contributed by atoms with E-state index in [-0.39, 0.29) is 24.0 Å². The number of rotatable bonds is 5. The minimum Gasteiger partial charge on any atom is -0.467 e. The molecule has 5 nitrogen and oxygen atoms in total. The van der Waals surface area contributed by atoms with E-state index in [0.717, 1.165) is 31.4 Å². The largest absolute Gasteiger partial charge is 0.467 e. The fourth-order valence-electron chi connectivity index (χ4n) is 2.63. The highest BCUT2D eigenvalue weighted by atomic mass is 127. The molecule has 1 saturated heterocycles. The maximum absolute atomic E-state index is 5.32. The zero-order valence-electron chi connectivity index (χ0n) is 13.8. The van der Waals surface area contributed by atoms with Gasteiger partial charge in [-0.3, -0.25) is 0 Å². The first-order valence-corrected chi connectivity index (χ1v) is 8.00. The van der Waals surface area contributed by atoms with Crippen LogP contribution in [0.2, 0.25) is 0 Å².